The zero-order valence-corrected chi connectivity index (χ0v) is 13.1. The number of nitrogens with one attached hydrogen (secondary N) is 1. The molecule has 1 N–H and O–H groups in total. The van der Waals surface area contributed by atoms with Gasteiger partial charge in [-0.15, -0.1) is 0 Å². The first kappa shape index (κ1) is 16.0. The average molecular weight is 295 g/mol. The third-order valence-electron chi connectivity index (χ3n) is 3.49. The minimum absolute atomic E-state index is 0.0483. The molecule has 0 aliphatic carbocycles. The van der Waals surface area contributed by atoms with Gasteiger partial charge in [0, 0.05) is 17.5 Å². The molecule has 0 aliphatic heterocycles. The lowest BCUT2D eigenvalue weighted by Crippen LogP contribution is -2.15. The molecule has 0 saturated carbocycles. The van der Waals surface area contributed by atoms with E-state index in [-0.39, 0.29) is 11.7 Å². The second kappa shape index (κ2) is 7.55. The first-order valence-electron chi connectivity index (χ1n) is 7.62. The predicted molar refractivity (Wildman–Crippen MR) is 89.2 cm³/mol. The van der Waals surface area contributed by atoms with Crippen molar-refractivity contribution in [2.24, 2.45) is 0 Å². The van der Waals surface area contributed by atoms with Crippen LogP contribution in [0.3, 0.4) is 0 Å². The van der Waals surface area contributed by atoms with Gasteiger partial charge in [0.15, 0.2) is 5.78 Å². The Morgan fingerprint density at radius 2 is 1.77 bits per heavy atom. The van der Waals surface area contributed by atoms with Gasteiger partial charge < -0.3 is 5.32 Å². The molecule has 0 radical (unpaired) electrons. The molecule has 0 spiro atoms. The summed E-state index contributed by atoms with van der Waals surface area (Å²) in [4.78, 5) is 24.6. The van der Waals surface area contributed by atoms with E-state index >= 15 is 0 Å². The molecule has 0 bridgehead atoms. The lowest BCUT2D eigenvalue weighted by atomic mass is 9.99. The minimum Gasteiger partial charge on any atom is -0.325 e. The number of ketones is 1. The number of anilines is 1. The van der Waals surface area contributed by atoms with Gasteiger partial charge in [0.2, 0.25) is 5.91 Å². The molecule has 2 rings (SSSR count). The van der Waals surface area contributed by atoms with E-state index in [0.29, 0.717) is 23.2 Å². The van der Waals surface area contributed by atoms with E-state index in [0.717, 1.165) is 18.4 Å². The van der Waals surface area contributed by atoms with E-state index in [1.807, 2.05) is 44.2 Å². The van der Waals surface area contributed by atoms with Crippen LogP contribution in [0.2, 0.25) is 0 Å². The number of carbonyl (C=O) groups excluding carboxylic acids is 2. The number of hydrogen-bond acceptors (Lipinski definition) is 2. The number of aryl methyl sites for hydroxylation is 1. The number of carbonyl (C=O) groups is 2. The molecule has 0 unspecified atom stereocenters. The van der Waals surface area contributed by atoms with Crippen LogP contribution in [-0.2, 0) is 4.79 Å². The summed E-state index contributed by atoms with van der Waals surface area (Å²) in [7, 11) is 0. The summed E-state index contributed by atoms with van der Waals surface area (Å²) in [5.74, 6) is -0.122. The molecule has 0 aliphatic rings. The second-order valence-electron chi connectivity index (χ2n) is 5.40. The van der Waals surface area contributed by atoms with Crippen LogP contribution in [0, 0.1) is 6.92 Å². The lowest BCUT2D eigenvalue weighted by molar-refractivity contribution is -0.116. The maximum atomic E-state index is 12.7. The van der Waals surface area contributed by atoms with Gasteiger partial charge in [-0.2, -0.15) is 0 Å². The quantitative estimate of drug-likeness (QED) is 0.805. The summed E-state index contributed by atoms with van der Waals surface area (Å²) in [5.41, 5.74) is 2.74. The molecule has 114 valence electrons. The highest BCUT2D eigenvalue weighted by molar-refractivity contribution is 6.13. The first-order chi connectivity index (χ1) is 10.6. The number of hydrogen-bond donors (Lipinski definition) is 1. The Labute approximate surface area is 131 Å². The van der Waals surface area contributed by atoms with E-state index in [1.54, 1.807) is 18.2 Å². The Morgan fingerprint density at radius 1 is 1.05 bits per heavy atom. The van der Waals surface area contributed by atoms with Gasteiger partial charge in [0.25, 0.3) is 0 Å². The number of rotatable bonds is 6. The molecule has 2 aromatic carbocycles. The molecule has 2 aromatic rings. The highest BCUT2D eigenvalue weighted by Crippen LogP contribution is 2.21. The summed E-state index contributed by atoms with van der Waals surface area (Å²) >= 11 is 0. The van der Waals surface area contributed by atoms with Gasteiger partial charge in [0.05, 0.1) is 5.69 Å². The second-order valence-corrected chi connectivity index (χ2v) is 5.40. The summed E-state index contributed by atoms with van der Waals surface area (Å²) in [6.45, 7) is 3.98. The Hall–Kier alpha value is -2.42. The molecule has 0 saturated heterocycles. The maximum absolute atomic E-state index is 12.7. The van der Waals surface area contributed by atoms with Crippen LogP contribution in [0.25, 0.3) is 0 Å². The molecule has 0 atom stereocenters. The van der Waals surface area contributed by atoms with Crippen molar-refractivity contribution >= 4 is 17.4 Å². The molecule has 3 heteroatoms. The van der Waals surface area contributed by atoms with Crippen molar-refractivity contribution in [3.8, 4) is 0 Å². The predicted octanol–water partition coefficient (Wildman–Crippen LogP) is 4.35. The minimum atomic E-state index is -0.0740. The van der Waals surface area contributed by atoms with E-state index in [1.165, 1.54) is 0 Å². The zero-order valence-electron chi connectivity index (χ0n) is 13.1. The van der Waals surface area contributed by atoms with Gasteiger partial charge in [-0.1, -0.05) is 55.3 Å². The largest absolute Gasteiger partial charge is 0.325 e. The summed E-state index contributed by atoms with van der Waals surface area (Å²) < 4.78 is 0. The van der Waals surface area contributed by atoms with Crippen molar-refractivity contribution < 1.29 is 9.59 Å². The molecule has 0 heterocycles. The number of amides is 1. The SMILES string of the molecule is CCCCC(=O)Nc1ccc(C)cc1C(=O)c1ccccc1. The van der Waals surface area contributed by atoms with Crippen molar-refractivity contribution in [2.45, 2.75) is 33.1 Å². The summed E-state index contributed by atoms with van der Waals surface area (Å²) in [5, 5.41) is 2.86. The Morgan fingerprint density at radius 3 is 2.45 bits per heavy atom. The number of unbranched alkanes of at least 4 members (excludes halogenated alkanes) is 1. The highest BCUT2D eigenvalue weighted by atomic mass is 16.1. The van der Waals surface area contributed by atoms with E-state index in [9.17, 15) is 9.59 Å². The van der Waals surface area contributed by atoms with Gasteiger partial charge in [-0.25, -0.2) is 0 Å². The fourth-order valence-corrected chi connectivity index (χ4v) is 2.25. The third-order valence-corrected chi connectivity index (χ3v) is 3.49. The van der Waals surface area contributed by atoms with Gasteiger partial charge in [-0.05, 0) is 25.5 Å². The summed E-state index contributed by atoms with van der Waals surface area (Å²) in [6, 6.07) is 14.6. The van der Waals surface area contributed by atoms with Crippen LogP contribution in [-0.4, -0.2) is 11.7 Å². The molecule has 1 amide bonds. The van der Waals surface area contributed by atoms with Crippen LogP contribution < -0.4 is 5.32 Å². The van der Waals surface area contributed by atoms with E-state index in [2.05, 4.69) is 5.32 Å². The average Bonchev–Trinajstić information content (AvgIpc) is 2.54. The highest BCUT2D eigenvalue weighted by Gasteiger charge is 2.15. The zero-order chi connectivity index (χ0) is 15.9. The van der Waals surface area contributed by atoms with Gasteiger partial charge in [-0.3, -0.25) is 9.59 Å². The van der Waals surface area contributed by atoms with Crippen LogP contribution in [0.5, 0.6) is 0 Å². The summed E-state index contributed by atoms with van der Waals surface area (Å²) in [6.07, 6.45) is 2.29. The van der Waals surface area contributed by atoms with E-state index < -0.39 is 0 Å². The van der Waals surface area contributed by atoms with Gasteiger partial charge >= 0.3 is 0 Å². The molecular weight excluding hydrogens is 274 g/mol. The van der Waals surface area contributed by atoms with Crippen LogP contribution in [0.15, 0.2) is 48.5 Å². The Balaban J connectivity index is 2.28. The Bertz CT molecular complexity index is 662. The third kappa shape index (κ3) is 4.04. The molecule has 22 heavy (non-hydrogen) atoms. The normalized spacial score (nSPS) is 10.3. The lowest BCUT2D eigenvalue weighted by Gasteiger charge is -2.11. The fourth-order valence-electron chi connectivity index (χ4n) is 2.25. The molecule has 3 nitrogen and oxygen atoms in total. The Kier molecular flexibility index (Phi) is 5.48. The van der Waals surface area contributed by atoms with E-state index in [4.69, 9.17) is 0 Å². The molecule has 0 aromatic heterocycles. The molecule has 0 fully saturated rings. The fraction of sp³-hybridized carbons (Fsp3) is 0.263. The number of benzene rings is 2. The van der Waals surface area contributed by atoms with Gasteiger partial charge in [0.1, 0.15) is 0 Å². The maximum Gasteiger partial charge on any atom is 0.224 e. The van der Waals surface area contributed by atoms with Crippen LogP contribution >= 0.6 is 0 Å². The van der Waals surface area contributed by atoms with Crippen molar-refractivity contribution in [1.82, 2.24) is 0 Å². The molecular formula is C19H21NO2. The smallest absolute Gasteiger partial charge is 0.224 e. The van der Waals surface area contributed by atoms with Crippen molar-refractivity contribution in [2.75, 3.05) is 5.32 Å². The topological polar surface area (TPSA) is 46.2 Å². The van der Waals surface area contributed by atoms with Crippen molar-refractivity contribution in [3.63, 3.8) is 0 Å². The first-order valence-corrected chi connectivity index (χ1v) is 7.62. The standard InChI is InChI=1S/C19H21NO2/c1-3-4-10-18(21)20-17-12-11-14(2)13-16(17)19(22)15-8-6-5-7-9-15/h5-9,11-13H,3-4,10H2,1-2H3,(H,20,21). The monoisotopic (exact) mass is 295 g/mol. The van der Waals surface area contributed by atoms with Crippen molar-refractivity contribution in [1.29, 1.82) is 0 Å². The van der Waals surface area contributed by atoms with Crippen molar-refractivity contribution in [3.05, 3.63) is 65.2 Å². The van der Waals surface area contributed by atoms with Crippen LogP contribution in [0.4, 0.5) is 5.69 Å². The van der Waals surface area contributed by atoms with Crippen LogP contribution in [0.1, 0.15) is 47.7 Å².